The molecular weight excluding hydrogens is 408 g/mol. The molecule has 0 unspecified atom stereocenters. The Morgan fingerprint density at radius 3 is 2.89 bits per heavy atom. The number of allylic oxidation sites excluding steroid dienone is 1. The van der Waals surface area contributed by atoms with Crippen molar-refractivity contribution in [3.8, 4) is 5.75 Å². The number of nitrogens with one attached hydrogen (secondary N) is 1. The fourth-order valence-corrected chi connectivity index (χ4v) is 3.31. The van der Waals surface area contributed by atoms with Crippen molar-refractivity contribution in [1.29, 1.82) is 0 Å². The number of hydrazone groups is 1. The van der Waals surface area contributed by atoms with Gasteiger partial charge in [-0.3, -0.25) is 4.79 Å². The molecule has 138 valence electrons. The quantitative estimate of drug-likeness (QED) is 0.325. The van der Waals surface area contributed by atoms with E-state index >= 15 is 0 Å². The van der Waals surface area contributed by atoms with Crippen molar-refractivity contribution in [3.63, 3.8) is 0 Å². The molecule has 0 saturated heterocycles. The van der Waals surface area contributed by atoms with Gasteiger partial charge in [0, 0.05) is 5.39 Å². The Balaban J connectivity index is 1.75. The van der Waals surface area contributed by atoms with E-state index < -0.39 is 5.91 Å². The molecule has 5 nitrogen and oxygen atoms in total. The molecule has 0 saturated carbocycles. The van der Waals surface area contributed by atoms with E-state index in [1.54, 1.807) is 12.3 Å². The number of ether oxygens (including phenoxy) is 1. The van der Waals surface area contributed by atoms with E-state index in [2.05, 4.69) is 33.0 Å². The number of furan rings is 1. The maximum absolute atomic E-state index is 12.2. The number of halogens is 1. The molecule has 0 aliphatic heterocycles. The molecule has 0 radical (unpaired) electrons. The average molecular weight is 427 g/mol. The molecule has 1 aromatic heterocycles. The Morgan fingerprint density at radius 2 is 2.15 bits per heavy atom. The molecule has 1 heterocycles. The van der Waals surface area contributed by atoms with Crippen molar-refractivity contribution in [2.75, 3.05) is 6.61 Å². The van der Waals surface area contributed by atoms with Crippen molar-refractivity contribution in [1.82, 2.24) is 5.43 Å². The van der Waals surface area contributed by atoms with E-state index in [9.17, 15) is 4.79 Å². The first-order chi connectivity index (χ1) is 13.1. The molecular formula is C21H19BrN2O3. The summed E-state index contributed by atoms with van der Waals surface area (Å²) >= 11 is 3.52. The number of carbonyl (C=O) groups excluding carboxylic acids is 1. The van der Waals surface area contributed by atoms with Crippen LogP contribution in [0.2, 0.25) is 0 Å². The molecule has 0 fully saturated rings. The van der Waals surface area contributed by atoms with Crippen LogP contribution >= 0.6 is 15.9 Å². The molecule has 27 heavy (non-hydrogen) atoms. The third-order valence-corrected chi connectivity index (χ3v) is 4.41. The third-order valence-electron chi connectivity index (χ3n) is 3.82. The second-order valence-electron chi connectivity index (χ2n) is 5.76. The van der Waals surface area contributed by atoms with Crippen LogP contribution in [0.4, 0.5) is 0 Å². The minimum atomic E-state index is -0.404. The van der Waals surface area contributed by atoms with Crippen LogP contribution in [-0.2, 0) is 6.42 Å². The van der Waals surface area contributed by atoms with Gasteiger partial charge in [-0.05, 0) is 64.7 Å². The summed E-state index contributed by atoms with van der Waals surface area (Å²) in [4.78, 5) is 12.2. The molecule has 2 aromatic carbocycles. The highest BCUT2D eigenvalue weighted by Gasteiger charge is 2.12. The first-order valence-corrected chi connectivity index (χ1v) is 9.29. The van der Waals surface area contributed by atoms with Crippen LogP contribution in [0.15, 0.2) is 69.1 Å². The molecule has 0 bridgehead atoms. The van der Waals surface area contributed by atoms with Gasteiger partial charge in [0.1, 0.15) is 11.3 Å². The molecule has 1 N–H and O–H groups in total. The molecule has 1 amide bonds. The lowest BCUT2D eigenvalue weighted by Gasteiger charge is -2.12. The van der Waals surface area contributed by atoms with Crippen molar-refractivity contribution < 1.29 is 13.9 Å². The van der Waals surface area contributed by atoms with Gasteiger partial charge in [-0.1, -0.05) is 24.3 Å². The Bertz CT molecular complexity index is 975. The van der Waals surface area contributed by atoms with E-state index in [1.165, 1.54) is 0 Å². The fraction of sp³-hybridized carbons (Fsp3) is 0.143. The number of rotatable bonds is 7. The first kappa shape index (κ1) is 18.9. The summed E-state index contributed by atoms with van der Waals surface area (Å²) in [6.45, 7) is 6.29. The lowest BCUT2D eigenvalue weighted by molar-refractivity contribution is 0.0929. The number of fused-ring (bicyclic) bond motifs is 1. The molecule has 6 heteroatoms. The van der Waals surface area contributed by atoms with Crippen LogP contribution in [0, 0.1) is 0 Å². The lowest BCUT2D eigenvalue weighted by Crippen LogP contribution is -2.16. The number of amides is 1. The van der Waals surface area contributed by atoms with Gasteiger partial charge in [-0.15, -0.1) is 6.58 Å². The Morgan fingerprint density at radius 1 is 1.33 bits per heavy atom. The molecule has 3 aromatic rings. The van der Waals surface area contributed by atoms with Gasteiger partial charge >= 0.3 is 5.91 Å². The van der Waals surface area contributed by atoms with Crippen LogP contribution in [0.25, 0.3) is 11.0 Å². The van der Waals surface area contributed by atoms with E-state index in [0.29, 0.717) is 18.6 Å². The maximum Gasteiger partial charge on any atom is 0.307 e. The van der Waals surface area contributed by atoms with Gasteiger partial charge in [-0.2, -0.15) is 5.10 Å². The standard InChI is InChI=1S/C21H19BrN2O3/c1-3-7-16-10-14(11-17(22)20(16)26-4-2)13-23-24-21(25)19-12-15-8-5-6-9-18(15)27-19/h3,5-6,8-13H,1,4,7H2,2H3,(H,24,25)/b23-13+. The van der Waals surface area contributed by atoms with E-state index in [4.69, 9.17) is 9.15 Å². The molecule has 0 aliphatic rings. The predicted molar refractivity (Wildman–Crippen MR) is 110 cm³/mol. The third kappa shape index (κ3) is 4.46. The summed E-state index contributed by atoms with van der Waals surface area (Å²) in [7, 11) is 0. The minimum absolute atomic E-state index is 0.216. The van der Waals surface area contributed by atoms with Crippen LogP contribution in [0.3, 0.4) is 0 Å². The Kier molecular flexibility index (Phi) is 6.08. The summed E-state index contributed by atoms with van der Waals surface area (Å²) in [5.74, 6) is 0.605. The van der Waals surface area contributed by atoms with Gasteiger partial charge in [-0.25, -0.2) is 5.43 Å². The SMILES string of the molecule is C=CCc1cc(/C=N/NC(=O)c2cc3ccccc3o2)cc(Br)c1OCC. The van der Waals surface area contributed by atoms with E-state index in [0.717, 1.165) is 26.7 Å². The van der Waals surface area contributed by atoms with Crippen molar-refractivity contribution in [2.45, 2.75) is 13.3 Å². The highest BCUT2D eigenvalue weighted by molar-refractivity contribution is 9.10. The van der Waals surface area contributed by atoms with Gasteiger partial charge < -0.3 is 9.15 Å². The Hall–Kier alpha value is -2.86. The largest absolute Gasteiger partial charge is 0.492 e. The zero-order valence-electron chi connectivity index (χ0n) is 14.9. The topological polar surface area (TPSA) is 63.8 Å². The second-order valence-corrected chi connectivity index (χ2v) is 6.62. The van der Waals surface area contributed by atoms with Crippen LogP contribution in [0.1, 0.15) is 28.6 Å². The number of benzene rings is 2. The zero-order chi connectivity index (χ0) is 19.2. The lowest BCUT2D eigenvalue weighted by atomic mass is 10.1. The summed E-state index contributed by atoms with van der Waals surface area (Å²) in [5.41, 5.74) is 4.97. The number of hydrogen-bond donors (Lipinski definition) is 1. The first-order valence-electron chi connectivity index (χ1n) is 8.50. The number of nitrogens with zero attached hydrogens (tertiary/aromatic N) is 1. The van der Waals surface area contributed by atoms with Crippen molar-refractivity contribution in [3.05, 3.63) is 76.5 Å². The van der Waals surface area contributed by atoms with Crippen molar-refractivity contribution in [2.24, 2.45) is 5.10 Å². The molecule has 0 aliphatic carbocycles. The van der Waals surface area contributed by atoms with Gasteiger partial charge in [0.15, 0.2) is 5.76 Å². The van der Waals surface area contributed by atoms with Crippen molar-refractivity contribution >= 4 is 39.0 Å². The summed E-state index contributed by atoms with van der Waals surface area (Å²) in [6.07, 6.45) is 4.06. The summed E-state index contributed by atoms with van der Waals surface area (Å²) in [6, 6.07) is 13.0. The predicted octanol–water partition coefficient (Wildman–Crippen LogP) is 5.09. The average Bonchev–Trinajstić information content (AvgIpc) is 3.09. The van der Waals surface area contributed by atoms with Crippen LogP contribution in [-0.4, -0.2) is 18.7 Å². The molecule has 0 spiro atoms. The molecule has 3 rings (SSSR count). The number of hydrogen-bond acceptors (Lipinski definition) is 4. The minimum Gasteiger partial charge on any atom is -0.492 e. The highest BCUT2D eigenvalue weighted by atomic mass is 79.9. The fourth-order valence-electron chi connectivity index (χ4n) is 2.68. The number of para-hydroxylation sites is 1. The zero-order valence-corrected chi connectivity index (χ0v) is 16.5. The summed E-state index contributed by atoms with van der Waals surface area (Å²) < 4.78 is 12.0. The van der Waals surface area contributed by atoms with E-state index in [-0.39, 0.29) is 5.76 Å². The second kappa shape index (κ2) is 8.68. The van der Waals surface area contributed by atoms with Crippen LogP contribution in [0.5, 0.6) is 5.75 Å². The summed E-state index contributed by atoms with van der Waals surface area (Å²) in [5, 5.41) is 4.91. The molecule has 0 atom stereocenters. The smallest absolute Gasteiger partial charge is 0.307 e. The van der Waals surface area contributed by atoms with Gasteiger partial charge in [0.25, 0.3) is 0 Å². The van der Waals surface area contributed by atoms with E-state index in [1.807, 2.05) is 49.4 Å². The number of carbonyl (C=O) groups is 1. The van der Waals surface area contributed by atoms with Crippen LogP contribution < -0.4 is 10.2 Å². The van der Waals surface area contributed by atoms with Gasteiger partial charge in [0.2, 0.25) is 0 Å². The monoisotopic (exact) mass is 426 g/mol. The Labute approximate surface area is 165 Å². The van der Waals surface area contributed by atoms with Gasteiger partial charge in [0.05, 0.1) is 17.3 Å². The highest BCUT2D eigenvalue weighted by Crippen LogP contribution is 2.31. The maximum atomic E-state index is 12.2. The normalized spacial score (nSPS) is 11.0.